The largest absolute Gasteiger partial charge is 0.487 e. The SMILES string of the molecule is CNC(=O)[C@@H]1CCCN1S(=O)(=O)c1ccc(Cl)c(COc2cccc3c2NC(C)(C)C=C3n2cncn2)c1Cl. The third-order valence-corrected chi connectivity index (χ3v) is 9.62. The number of halogens is 2. The maximum Gasteiger partial charge on any atom is 0.245 e. The summed E-state index contributed by atoms with van der Waals surface area (Å²) in [5.41, 5.74) is 2.36. The Bertz CT molecular complexity index is 1560. The number of carbonyl (C=O) groups excluding carboxylic acids is 1. The number of carbonyl (C=O) groups is 1. The molecule has 0 aliphatic carbocycles. The standard InChI is InChI=1S/C26H28Cl2N6O4S/c1-26(2)12-20(33-15-30-14-31-33)16-6-4-8-21(24(16)32-26)38-13-17-18(27)9-10-22(23(17)28)39(36,37)34-11-5-7-19(34)25(35)29-3/h4,6,8-10,12,14-15,19,32H,5,7,11,13H2,1-3H3,(H,29,35)/t19-/m0/s1. The van der Waals surface area contributed by atoms with Crippen molar-refractivity contribution < 1.29 is 17.9 Å². The van der Waals surface area contributed by atoms with Gasteiger partial charge in [0.2, 0.25) is 15.9 Å². The van der Waals surface area contributed by atoms with Crippen LogP contribution in [0.2, 0.25) is 10.0 Å². The van der Waals surface area contributed by atoms with Crippen molar-refractivity contribution in [2.24, 2.45) is 0 Å². The number of fused-ring (bicyclic) bond motifs is 1. The van der Waals surface area contributed by atoms with Crippen LogP contribution in [0, 0.1) is 0 Å². The number of para-hydroxylation sites is 1. The first kappa shape index (κ1) is 27.4. The van der Waals surface area contributed by atoms with Gasteiger partial charge < -0.3 is 15.4 Å². The van der Waals surface area contributed by atoms with Crippen LogP contribution in [0.15, 0.2) is 54.0 Å². The van der Waals surface area contributed by atoms with Crippen LogP contribution in [0.25, 0.3) is 5.70 Å². The molecule has 2 aliphatic rings. The first-order valence-electron chi connectivity index (χ1n) is 12.4. The average molecular weight is 592 g/mol. The highest BCUT2D eigenvalue weighted by Gasteiger charge is 2.40. The van der Waals surface area contributed by atoms with E-state index < -0.39 is 21.6 Å². The number of nitrogens with one attached hydrogen (secondary N) is 2. The third kappa shape index (κ3) is 5.11. The number of hydrogen-bond donors (Lipinski definition) is 2. The van der Waals surface area contributed by atoms with Gasteiger partial charge in [-0.2, -0.15) is 9.40 Å². The number of ether oxygens (including phenoxy) is 1. The lowest BCUT2D eigenvalue weighted by molar-refractivity contribution is -0.123. The molecule has 1 fully saturated rings. The molecule has 1 aromatic heterocycles. The van der Waals surface area contributed by atoms with Crippen molar-refractivity contribution >= 4 is 50.5 Å². The summed E-state index contributed by atoms with van der Waals surface area (Å²) < 4.78 is 36.3. The van der Waals surface area contributed by atoms with Crippen LogP contribution in [-0.2, 0) is 21.4 Å². The zero-order valence-electron chi connectivity index (χ0n) is 21.6. The Morgan fingerprint density at radius 1 is 1.26 bits per heavy atom. The highest BCUT2D eigenvalue weighted by atomic mass is 35.5. The first-order chi connectivity index (χ1) is 18.5. The number of benzene rings is 2. The second-order valence-electron chi connectivity index (χ2n) is 9.91. The van der Waals surface area contributed by atoms with Gasteiger partial charge in [0.1, 0.15) is 35.9 Å². The van der Waals surface area contributed by atoms with Gasteiger partial charge >= 0.3 is 0 Å². The number of aromatic nitrogens is 3. The molecule has 2 aromatic carbocycles. The molecule has 1 amide bonds. The van der Waals surface area contributed by atoms with Crippen molar-refractivity contribution in [1.82, 2.24) is 24.4 Å². The molecule has 206 valence electrons. The number of likely N-dealkylation sites (N-methyl/N-ethyl adjacent to an activating group) is 1. The number of nitrogens with zero attached hydrogens (tertiary/aromatic N) is 4. The summed E-state index contributed by atoms with van der Waals surface area (Å²) in [4.78, 5) is 16.3. The summed E-state index contributed by atoms with van der Waals surface area (Å²) in [5, 5.41) is 10.5. The Kier molecular flexibility index (Phi) is 7.36. The second kappa shape index (κ2) is 10.5. The van der Waals surface area contributed by atoms with Crippen molar-refractivity contribution in [2.75, 3.05) is 18.9 Å². The van der Waals surface area contributed by atoms with Crippen molar-refractivity contribution in [3.8, 4) is 5.75 Å². The molecule has 0 saturated carbocycles. The fraction of sp³-hybridized carbons (Fsp3) is 0.346. The molecule has 13 heteroatoms. The van der Waals surface area contributed by atoms with Crippen LogP contribution in [0.5, 0.6) is 5.75 Å². The van der Waals surface area contributed by atoms with Gasteiger partial charge in [-0.1, -0.05) is 35.3 Å². The minimum Gasteiger partial charge on any atom is -0.487 e. The maximum absolute atomic E-state index is 13.6. The molecule has 10 nitrogen and oxygen atoms in total. The quantitative estimate of drug-likeness (QED) is 0.424. The van der Waals surface area contributed by atoms with Gasteiger partial charge in [-0.15, -0.1) is 0 Å². The van der Waals surface area contributed by atoms with Gasteiger partial charge in [-0.05, 0) is 51.0 Å². The van der Waals surface area contributed by atoms with Crippen LogP contribution in [0.1, 0.15) is 37.8 Å². The summed E-state index contributed by atoms with van der Waals surface area (Å²) in [6.45, 7) is 4.19. The molecule has 0 bridgehead atoms. The number of rotatable bonds is 7. The van der Waals surface area contributed by atoms with E-state index in [1.165, 1.54) is 29.8 Å². The van der Waals surface area contributed by atoms with Gasteiger partial charge in [0.15, 0.2) is 0 Å². The molecule has 0 radical (unpaired) electrons. The Morgan fingerprint density at radius 2 is 2.05 bits per heavy atom. The van der Waals surface area contributed by atoms with Gasteiger partial charge in [0, 0.05) is 29.7 Å². The van der Waals surface area contributed by atoms with E-state index in [1.54, 1.807) is 11.0 Å². The molecular formula is C26H28Cl2N6O4S. The highest BCUT2D eigenvalue weighted by Crippen LogP contribution is 2.41. The van der Waals surface area contributed by atoms with E-state index in [-0.39, 0.29) is 34.0 Å². The molecule has 2 N–H and O–H groups in total. The van der Waals surface area contributed by atoms with E-state index >= 15 is 0 Å². The van der Waals surface area contributed by atoms with Crippen LogP contribution < -0.4 is 15.4 Å². The van der Waals surface area contributed by atoms with E-state index in [0.29, 0.717) is 24.2 Å². The Balaban J connectivity index is 1.47. The van der Waals surface area contributed by atoms with E-state index in [4.69, 9.17) is 27.9 Å². The van der Waals surface area contributed by atoms with Crippen molar-refractivity contribution in [1.29, 1.82) is 0 Å². The third-order valence-electron chi connectivity index (χ3n) is 6.77. The lowest BCUT2D eigenvalue weighted by atomic mass is 9.94. The van der Waals surface area contributed by atoms with E-state index in [2.05, 4.69) is 26.8 Å². The molecule has 3 aromatic rings. The molecular weight excluding hydrogens is 563 g/mol. The molecule has 1 saturated heterocycles. The Labute approximate surface area is 237 Å². The molecule has 0 unspecified atom stereocenters. The minimum atomic E-state index is -4.07. The van der Waals surface area contributed by atoms with E-state index in [9.17, 15) is 13.2 Å². The van der Waals surface area contributed by atoms with Gasteiger partial charge in [0.25, 0.3) is 0 Å². The summed E-state index contributed by atoms with van der Waals surface area (Å²) in [6.07, 6.45) is 6.17. The molecule has 2 aliphatic heterocycles. The van der Waals surface area contributed by atoms with E-state index in [1.807, 2.05) is 32.0 Å². The predicted octanol–water partition coefficient (Wildman–Crippen LogP) is 4.16. The van der Waals surface area contributed by atoms with Gasteiger partial charge in [-0.3, -0.25) is 4.79 Å². The number of sulfonamides is 1. The fourth-order valence-corrected chi connectivity index (χ4v) is 7.45. The highest BCUT2D eigenvalue weighted by molar-refractivity contribution is 7.89. The first-order valence-corrected chi connectivity index (χ1v) is 14.6. The van der Waals surface area contributed by atoms with Gasteiger partial charge in [0.05, 0.1) is 21.9 Å². The minimum absolute atomic E-state index is 0.0358. The molecule has 0 spiro atoms. The lowest BCUT2D eigenvalue weighted by Crippen LogP contribution is -2.44. The summed E-state index contributed by atoms with van der Waals surface area (Å²) >= 11 is 13.1. The van der Waals surface area contributed by atoms with Crippen molar-refractivity contribution in [3.05, 3.63) is 70.2 Å². The van der Waals surface area contributed by atoms with Crippen LogP contribution in [0.3, 0.4) is 0 Å². The zero-order valence-corrected chi connectivity index (χ0v) is 23.9. The lowest BCUT2D eigenvalue weighted by Gasteiger charge is -2.33. The summed E-state index contributed by atoms with van der Waals surface area (Å²) in [7, 11) is -2.58. The fourth-order valence-electron chi connectivity index (χ4n) is 4.93. The predicted molar refractivity (Wildman–Crippen MR) is 149 cm³/mol. The second-order valence-corrected chi connectivity index (χ2v) is 12.6. The molecule has 5 rings (SSSR count). The molecule has 39 heavy (non-hydrogen) atoms. The molecule has 1 atom stereocenters. The number of hydrogen-bond acceptors (Lipinski definition) is 7. The Morgan fingerprint density at radius 3 is 2.77 bits per heavy atom. The van der Waals surface area contributed by atoms with Gasteiger partial charge in [-0.25, -0.2) is 18.1 Å². The topological polar surface area (TPSA) is 118 Å². The van der Waals surface area contributed by atoms with Crippen molar-refractivity contribution in [3.63, 3.8) is 0 Å². The summed E-state index contributed by atoms with van der Waals surface area (Å²) in [6, 6.07) is 7.68. The summed E-state index contributed by atoms with van der Waals surface area (Å²) in [5.74, 6) is 0.180. The smallest absolute Gasteiger partial charge is 0.245 e. The maximum atomic E-state index is 13.6. The Hall–Kier alpha value is -3.12. The number of amides is 1. The van der Waals surface area contributed by atoms with E-state index in [0.717, 1.165) is 16.9 Å². The van der Waals surface area contributed by atoms with Crippen molar-refractivity contribution in [2.45, 2.75) is 49.8 Å². The van der Waals surface area contributed by atoms with Crippen LogP contribution in [0.4, 0.5) is 5.69 Å². The zero-order chi connectivity index (χ0) is 27.9. The monoisotopic (exact) mass is 590 g/mol. The van der Waals surface area contributed by atoms with Crippen LogP contribution >= 0.6 is 23.2 Å². The number of anilines is 1. The average Bonchev–Trinajstić information content (AvgIpc) is 3.60. The molecule has 3 heterocycles. The normalized spacial score (nSPS) is 18.7. The van der Waals surface area contributed by atoms with Crippen LogP contribution in [-0.4, -0.2) is 58.6 Å².